The quantitative estimate of drug-likeness (QED) is 0.722. The molecule has 0 unspecified atom stereocenters. The molecule has 0 aliphatic heterocycles. The second-order valence-electron chi connectivity index (χ2n) is 3.62. The summed E-state index contributed by atoms with van der Waals surface area (Å²) in [4.78, 5) is 10.7. The Bertz CT molecular complexity index is 307. The second-order valence-corrected chi connectivity index (χ2v) is 3.62. The first-order valence-corrected chi connectivity index (χ1v) is 4.94. The van der Waals surface area contributed by atoms with E-state index in [9.17, 15) is 4.79 Å². The number of aryl methyl sites for hydroxylation is 1. The Balaban J connectivity index is 2.28. The molecule has 1 rings (SSSR count). The van der Waals surface area contributed by atoms with Gasteiger partial charge in [0.05, 0.1) is 0 Å². The van der Waals surface area contributed by atoms with E-state index in [1.54, 1.807) is 6.92 Å². The van der Waals surface area contributed by atoms with Crippen LogP contribution in [0, 0.1) is 6.92 Å². The van der Waals surface area contributed by atoms with Gasteiger partial charge in [-0.1, -0.05) is 29.8 Å². The van der Waals surface area contributed by atoms with Gasteiger partial charge in [-0.2, -0.15) is 0 Å². The highest BCUT2D eigenvalue weighted by atomic mass is 16.1. The van der Waals surface area contributed by atoms with Crippen molar-refractivity contribution in [3.63, 3.8) is 0 Å². The molecule has 0 bridgehead atoms. The smallest absolute Gasteiger partial charge is 0.131 e. The van der Waals surface area contributed by atoms with Crippen molar-refractivity contribution in [2.45, 2.75) is 26.8 Å². The second kappa shape index (κ2) is 5.55. The van der Waals surface area contributed by atoms with Crippen LogP contribution in [0.3, 0.4) is 0 Å². The molecule has 1 aromatic carbocycles. The fourth-order valence-electron chi connectivity index (χ4n) is 1.32. The number of carbonyl (C=O) groups excluding carboxylic acids is 1. The molecule has 14 heavy (non-hydrogen) atoms. The summed E-state index contributed by atoms with van der Waals surface area (Å²) < 4.78 is 0. The van der Waals surface area contributed by atoms with Gasteiger partial charge in [0.15, 0.2) is 0 Å². The molecular weight excluding hydrogens is 174 g/mol. The van der Waals surface area contributed by atoms with E-state index in [2.05, 4.69) is 36.5 Å². The van der Waals surface area contributed by atoms with Crippen molar-refractivity contribution >= 4 is 5.78 Å². The van der Waals surface area contributed by atoms with Crippen molar-refractivity contribution in [2.75, 3.05) is 6.54 Å². The molecule has 2 nitrogen and oxygen atoms in total. The van der Waals surface area contributed by atoms with Crippen molar-refractivity contribution in [1.82, 2.24) is 5.32 Å². The van der Waals surface area contributed by atoms with Gasteiger partial charge in [-0.3, -0.25) is 4.79 Å². The van der Waals surface area contributed by atoms with Crippen LogP contribution in [0.4, 0.5) is 0 Å². The Morgan fingerprint density at radius 3 is 2.86 bits per heavy atom. The molecule has 1 aromatic rings. The SMILES string of the molecule is CC(=O)CCNCc1cccc(C)c1. The number of nitrogens with one attached hydrogen (secondary N) is 1. The summed E-state index contributed by atoms with van der Waals surface area (Å²) in [6, 6.07) is 8.38. The Kier molecular flexibility index (Phi) is 4.33. The molecule has 0 radical (unpaired) electrons. The topological polar surface area (TPSA) is 29.1 Å². The number of hydrogen-bond acceptors (Lipinski definition) is 2. The van der Waals surface area contributed by atoms with Crippen molar-refractivity contribution in [3.8, 4) is 0 Å². The maximum atomic E-state index is 10.7. The zero-order chi connectivity index (χ0) is 10.4. The van der Waals surface area contributed by atoms with E-state index >= 15 is 0 Å². The average Bonchev–Trinajstić information content (AvgIpc) is 2.12. The number of benzene rings is 1. The lowest BCUT2D eigenvalue weighted by Crippen LogP contribution is -2.16. The van der Waals surface area contributed by atoms with Gasteiger partial charge < -0.3 is 5.32 Å². The number of Topliss-reactive ketones (excluding diaryl/α,β-unsaturated/α-hetero) is 1. The van der Waals surface area contributed by atoms with E-state index in [-0.39, 0.29) is 5.78 Å². The van der Waals surface area contributed by atoms with Crippen LogP contribution in [0.2, 0.25) is 0 Å². The third-order valence-electron chi connectivity index (χ3n) is 2.07. The predicted molar refractivity (Wildman–Crippen MR) is 58.2 cm³/mol. The Labute approximate surface area is 85.3 Å². The van der Waals surface area contributed by atoms with E-state index < -0.39 is 0 Å². The first kappa shape index (κ1) is 10.9. The van der Waals surface area contributed by atoms with E-state index in [1.807, 2.05) is 0 Å². The summed E-state index contributed by atoms with van der Waals surface area (Å²) in [5, 5.41) is 3.24. The molecule has 1 N–H and O–H groups in total. The predicted octanol–water partition coefficient (Wildman–Crippen LogP) is 2.06. The zero-order valence-corrected chi connectivity index (χ0v) is 8.84. The van der Waals surface area contributed by atoms with Gasteiger partial charge in [-0.05, 0) is 19.4 Å². The van der Waals surface area contributed by atoms with Crippen molar-refractivity contribution in [1.29, 1.82) is 0 Å². The number of carbonyl (C=O) groups is 1. The minimum absolute atomic E-state index is 0.238. The first-order valence-electron chi connectivity index (χ1n) is 4.94. The summed E-state index contributed by atoms with van der Waals surface area (Å²) in [6.07, 6.45) is 0.617. The van der Waals surface area contributed by atoms with Crippen LogP contribution in [0.5, 0.6) is 0 Å². The minimum Gasteiger partial charge on any atom is -0.312 e. The lowest BCUT2D eigenvalue weighted by atomic mass is 10.1. The largest absolute Gasteiger partial charge is 0.312 e. The van der Waals surface area contributed by atoms with Crippen molar-refractivity contribution in [3.05, 3.63) is 35.4 Å². The maximum Gasteiger partial charge on any atom is 0.131 e. The van der Waals surface area contributed by atoms with Gasteiger partial charge in [-0.15, -0.1) is 0 Å². The fraction of sp³-hybridized carbons (Fsp3) is 0.417. The Morgan fingerprint density at radius 1 is 1.43 bits per heavy atom. The van der Waals surface area contributed by atoms with Gasteiger partial charge in [0.2, 0.25) is 0 Å². The van der Waals surface area contributed by atoms with E-state index in [0.29, 0.717) is 6.42 Å². The summed E-state index contributed by atoms with van der Waals surface area (Å²) in [5.41, 5.74) is 2.55. The van der Waals surface area contributed by atoms with E-state index in [0.717, 1.165) is 13.1 Å². The highest BCUT2D eigenvalue weighted by Crippen LogP contribution is 2.02. The fourth-order valence-corrected chi connectivity index (χ4v) is 1.32. The van der Waals surface area contributed by atoms with Gasteiger partial charge >= 0.3 is 0 Å². The van der Waals surface area contributed by atoms with Crippen LogP contribution in [0.25, 0.3) is 0 Å². The zero-order valence-electron chi connectivity index (χ0n) is 8.84. The lowest BCUT2D eigenvalue weighted by molar-refractivity contribution is -0.116. The normalized spacial score (nSPS) is 10.1. The molecule has 0 atom stereocenters. The van der Waals surface area contributed by atoms with E-state index in [4.69, 9.17) is 0 Å². The van der Waals surface area contributed by atoms with Gasteiger partial charge in [0.1, 0.15) is 5.78 Å². The molecule has 0 saturated heterocycles. The lowest BCUT2D eigenvalue weighted by Gasteiger charge is -2.04. The Hall–Kier alpha value is -1.15. The van der Waals surface area contributed by atoms with Crippen LogP contribution in [-0.2, 0) is 11.3 Å². The number of rotatable bonds is 5. The molecule has 0 saturated carbocycles. The molecule has 0 aromatic heterocycles. The van der Waals surface area contributed by atoms with Crippen molar-refractivity contribution in [2.24, 2.45) is 0 Å². The Morgan fingerprint density at radius 2 is 2.21 bits per heavy atom. The molecule has 0 heterocycles. The van der Waals surface area contributed by atoms with Crippen molar-refractivity contribution < 1.29 is 4.79 Å². The standard InChI is InChI=1S/C12H17NO/c1-10-4-3-5-12(8-10)9-13-7-6-11(2)14/h3-5,8,13H,6-7,9H2,1-2H3. The highest BCUT2D eigenvalue weighted by Gasteiger charge is 1.94. The molecule has 0 fully saturated rings. The number of hydrogen-bond donors (Lipinski definition) is 1. The highest BCUT2D eigenvalue weighted by molar-refractivity contribution is 5.75. The van der Waals surface area contributed by atoms with Crippen LogP contribution < -0.4 is 5.32 Å². The minimum atomic E-state index is 0.238. The third kappa shape index (κ3) is 4.19. The molecular formula is C12H17NO. The summed E-state index contributed by atoms with van der Waals surface area (Å²) in [5.74, 6) is 0.238. The summed E-state index contributed by atoms with van der Waals surface area (Å²) in [6.45, 7) is 5.31. The van der Waals surface area contributed by atoms with Crippen LogP contribution >= 0.6 is 0 Å². The van der Waals surface area contributed by atoms with Gasteiger partial charge in [-0.25, -0.2) is 0 Å². The average molecular weight is 191 g/mol. The van der Waals surface area contributed by atoms with Gasteiger partial charge in [0.25, 0.3) is 0 Å². The molecule has 0 spiro atoms. The molecule has 2 heteroatoms. The molecule has 0 aliphatic carbocycles. The number of ketones is 1. The van der Waals surface area contributed by atoms with Crippen LogP contribution in [-0.4, -0.2) is 12.3 Å². The van der Waals surface area contributed by atoms with E-state index in [1.165, 1.54) is 11.1 Å². The molecule has 76 valence electrons. The third-order valence-corrected chi connectivity index (χ3v) is 2.07. The summed E-state index contributed by atoms with van der Waals surface area (Å²) in [7, 11) is 0. The summed E-state index contributed by atoms with van der Waals surface area (Å²) >= 11 is 0. The first-order chi connectivity index (χ1) is 6.68. The van der Waals surface area contributed by atoms with Crippen LogP contribution in [0.1, 0.15) is 24.5 Å². The van der Waals surface area contributed by atoms with Gasteiger partial charge in [0, 0.05) is 19.5 Å². The molecule has 0 aliphatic rings. The van der Waals surface area contributed by atoms with Crippen LogP contribution in [0.15, 0.2) is 24.3 Å². The monoisotopic (exact) mass is 191 g/mol. The maximum absolute atomic E-state index is 10.7. The molecule has 0 amide bonds.